The van der Waals surface area contributed by atoms with Gasteiger partial charge in [0, 0.05) is 6.54 Å². The van der Waals surface area contributed by atoms with E-state index in [2.05, 4.69) is 30.4 Å². The van der Waals surface area contributed by atoms with Crippen molar-refractivity contribution in [2.45, 2.75) is 44.9 Å². The van der Waals surface area contributed by atoms with Crippen LogP contribution in [0.4, 0.5) is 5.69 Å². The minimum atomic E-state index is -0.0959. The van der Waals surface area contributed by atoms with Crippen LogP contribution in [0.1, 0.15) is 55.1 Å². The Labute approximate surface area is 219 Å². The zero-order valence-electron chi connectivity index (χ0n) is 22.3. The molecule has 1 aliphatic rings. The minimum absolute atomic E-state index is 0.0875. The molecule has 0 radical (unpaired) electrons. The average molecular weight is 508 g/mol. The maximum Gasteiger partial charge on any atom is 0.203 e. The molecule has 0 amide bonds. The maximum absolute atomic E-state index is 6.57. The van der Waals surface area contributed by atoms with E-state index >= 15 is 0 Å². The second-order valence-corrected chi connectivity index (χ2v) is 8.94. The van der Waals surface area contributed by atoms with Gasteiger partial charge in [-0.15, -0.1) is 0 Å². The van der Waals surface area contributed by atoms with Crippen molar-refractivity contribution in [2.75, 3.05) is 40.4 Å². The number of hydrogen-bond donors (Lipinski definition) is 1. The molecule has 198 valence electrons. The Bertz CT molecular complexity index is 1140. The summed E-state index contributed by atoms with van der Waals surface area (Å²) in [6, 6.07) is 18.4. The maximum atomic E-state index is 6.57. The molecular weight excluding hydrogens is 470 g/mol. The average Bonchev–Trinajstić information content (AvgIpc) is 3.45. The van der Waals surface area contributed by atoms with Crippen molar-refractivity contribution in [3.8, 4) is 28.7 Å². The Hall–Kier alpha value is -3.58. The molecule has 1 fully saturated rings. The number of benzene rings is 3. The summed E-state index contributed by atoms with van der Waals surface area (Å²) in [5.41, 5.74) is 4.12. The Morgan fingerprint density at radius 1 is 0.757 bits per heavy atom. The van der Waals surface area contributed by atoms with Gasteiger partial charge < -0.3 is 33.7 Å². The van der Waals surface area contributed by atoms with E-state index in [0.717, 1.165) is 41.8 Å². The fourth-order valence-electron chi connectivity index (χ4n) is 4.65. The van der Waals surface area contributed by atoms with Crippen LogP contribution in [-0.4, -0.2) is 35.0 Å². The molecular formula is C30H37NO6. The van der Waals surface area contributed by atoms with Crippen LogP contribution in [0.15, 0.2) is 54.6 Å². The largest absolute Gasteiger partial charge is 0.493 e. The van der Waals surface area contributed by atoms with Gasteiger partial charge in [-0.25, -0.2) is 0 Å². The van der Waals surface area contributed by atoms with Gasteiger partial charge in [0.15, 0.2) is 23.0 Å². The minimum Gasteiger partial charge on any atom is -0.493 e. The SMILES string of the molecule is CCCOc1c(NCc2ccccc2)cc(C2CCC(c3cc(OC)c(OC)c(OC)c3)O2)cc1OC. The lowest BCUT2D eigenvalue weighted by molar-refractivity contribution is 0.0437. The van der Waals surface area contributed by atoms with E-state index in [9.17, 15) is 0 Å². The fraction of sp³-hybridized carbons (Fsp3) is 0.400. The highest BCUT2D eigenvalue weighted by Gasteiger charge is 2.31. The monoisotopic (exact) mass is 507 g/mol. The second kappa shape index (κ2) is 12.6. The van der Waals surface area contributed by atoms with Gasteiger partial charge in [-0.2, -0.15) is 0 Å². The quantitative estimate of drug-likeness (QED) is 0.292. The predicted octanol–water partition coefficient (Wildman–Crippen LogP) is 6.71. The zero-order chi connectivity index (χ0) is 26.2. The lowest BCUT2D eigenvalue weighted by Gasteiger charge is -2.21. The highest BCUT2D eigenvalue weighted by atomic mass is 16.5. The van der Waals surface area contributed by atoms with Crippen molar-refractivity contribution in [3.63, 3.8) is 0 Å². The Balaban J connectivity index is 1.60. The van der Waals surface area contributed by atoms with Crippen molar-refractivity contribution in [1.82, 2.24) is 0 Å². The smallest absolute Gasteiger partial charge is 0.203 e. The molecule has 4 rings (SSSR count). The molecule has 0 saturated carbocycles. The molecule has 0 aliphatic carbocycles. The first-order chi connectivity index (χ1) is 18.1. The van der Waals surface area contributed by atoms with Gasteiger partial charge in [-0.3, -0.25) is 0 Å². The molecule has 0 bridgehead atoms. The zero-order valence-corrected chi connectivity index (χ0v) is 22.3. The first-order valence-electron chi connectivity index (χ1n) is 12.7. The molecule has 3 aromatic rings. The third-order valence-electron chi connectivity index (χ3n) is 6.52. The van der Waals surface area contributed by atoms with Crippen LogP contribution in [0.2, 0.25) is 0 Å². The van der Waals surface area contributed by atoms with Crippen molar-refractivity contribution >= 4 is 5.69 Å². The molecule has 1 N–H and O–H groups in total. The van der Waals surface area contributed by atoms with E-state index in [1.165, 1.54) is 5.56 Å². The van der Waals surface area contributed by atoms with Gasteiger partial charge in [-0.05, 0) is 60.2 Å². The van der Waals surface area contributed by atoms with Crippen LogP contribution in [-0.2, 0) is 11.3 Å². The lowest BCUT2D eigenvalue weighted by Crippen LogP contribution is -2.08. The molecule has 7 heteroatoms. The Morgan fingerprint density at radius 2 is 1.32 bits per heavy atom. The van der Waals surface area contributed by atoms with E-state index in [-0.39, 0.29) is 12.2 Å². The summed E-state index contributed by atoms with van der Waals surface area (Å²) >= 11 is 0. The van der Waals surface area contributed by atoms with E-state index in [1.807, 2.05) is 36.4 Å². The summed E-state index contributed by atoms with van der Waals surface area (Å²) in [6.45, 7) is 3.38. The Morgan fingerprint density at radius 3 is 1.86 bits per heavy atom. The molecule has 2 atom stereocenters. The fourth-order valence-corrected chi connectivity index (χ4v) is 4.65. The molecule has 3 aromatic carbocycles. The van der Waals surface area contributed by atoms with Crippen LogP contribution in [0.5, 0.6) is 28.7 Å². The van der Waals surface area contributed by atoms with Gasteiger partial charge in [0.2, 0.25) is 5.75 Å². The summed E-state index contributed by atoms with van der Waals surface area (Å²) in [4.78, 5) is 0. The molecule has 1 heterocycles. The number of rotatable bonds is 12. The van der Waals surface area contributed by atoms with Gasteiger partial charge in [0.1, 0.15) is 0 Å². The second-order valence-electron chi connectivity index (χ2n) is 8.94. The van der Waals surface area contributed by atoms with Crippen LogP contribution >= 0.6 is 0 Å². The van der Waals surface area contributed by atoms with E-state index in [4.69, 9.17) is 28.4 Å². The molecule has 1 aliphatic heterocycles. The number of nitrogens with one attached hydrogen (secondary N) is 1. The summed E-state index contributed by atoms with van der Waals surface area (Å²) < 4.78 is 35.0. The van der Waals surface area contributed by atoms with Gasteiger partial charge in [0.25, 0.3) is 0 Å². The number of hydrogen-bond acceptors (Lipinski definition) is 7. The van der Waals surface area contributed by atoms with Crippen molar-refractivity contribution in [1.29, 1.82) is 0 Å². The Kier molecular flexibility index (Phi) is 9.01. The van der Waals surface area contributed by atoms with Crippen molar-refractivity contribution < 1.29 is 28.4 Å². The van der Waals surface area contributed by atoms with Crippen LogP contribution < -0.4 is 29.0 Å². The number of methoxy groups -OCH3 is 4. The lowest BCUT2D eigenvalue weighted by atomic mass is 10.0. The standard InChI is InChI=1S/C30H37NO6/c1-6-14-36-29-23(31-19-20-10-8-7-9-11-20)15-21(16-26(29)32-2)24-12-13-25(37-24)22-17-27(33-3)30(35-5)28(18-22)34-4/h7-11,15-18,24-25,31H,6,12-14,19H2,1-5H3. The van der Waals surface area contributed by atoms with Gasteiger partial charge >= 0.3 is 0 Å². The summed E-state index contributed by atoms with van der Waals surface area (Å²) in [6.07, 6.45) is 2.46. The van der Waals surface area contributed by atoms with Crippen molar-refractivity contribution in [3.05, 3.63) is 71.3 Å². The molecule has 1 saturated heterocycles. The third-order valence-corrected chi connectivity index (χ3v) is 6.52. The van der Waals surface area contributed by atoms with E-state index < -0.39 is 0 Å². The summed E-state index contributed by atoms with van der Waals surface area (Å²) in [7, 11) is 6.52. The molecule has 2 unspecified atom stereocenters. The van der Waals surface area contributed by atoms with E-state index in [1.54, 1.807) is 28.4 Å². The third kappa shape index (κ3) is 6.05. The molecule has 0 spiro atoms. The molecule has 0 aromatic heterocycles. The molecule has 37 heavy (non-hydrogen) atoms. The number of anilines is 1. The topological polar surface area (TPSA) is 67.4 Å². The van der Waals surface area contributed by atoms with Crippen LogP contribution in [0.3, 0.4) is 0 Å². The van der Waals surface area contributed by atoms with Crippen molar-refractivity contribution in [2.24, 2.45) is 0 Å². The molecule has 7 nitrogen and oxygen atoms in total. The van der Waals surface area contributed by atoms with Crippen LogP contribution in [0, 0.1) is 0 Å². The first-order valence-corrected chi connectivity index (χ1v) is 12.7. The van der Waals surface area contributed by atoms with Gasteiger partial charge in [-0.1, -0.05) is 37.3 Å². The highest BCUT2D eigenvalue weighted by molar-refractivity contribution is 5.65. The highest BCUT2D eigenvalue weighted by Crippen LogP contribution is 2.48. The van der Waals surface area contributed by atoms with Crippen LogP contribution in [0.25, 0.3) is 0 Å². The normalized spacial score (nSPS) is 16.8. The van der Waals surface area contributed by atoms with E-state index in [0.29, 0.717) is 36.1 Å². The number of ether oxygens (including phenoxy) is 6. The van der Waals surface area contributed by atoms with Gasteiger partial charge in [0.05, 0.1) is 52.9 Å². The first kappa shape index (κ1) is 26.5. The predicted molar refractivity (Wildman–Crippen MR) is 144 cm³/mol. The summed E-state index contributed by atoms with van der Waals surface area (Å²) in [5, 5.41) is 3.56. The summed E-state index contributed by atoms with van der Waals surface area (Å²) in [5.74, 6) is 3.24.